The maximum absolute atomic E-state index is 13.0. The van der Waals surface area contributed by atoms with Gasteiger partial charge in [0.05, 0.1) is 12.7 Å². The molecule has 8 heteroatoms. The highest BCUT2D eigenvalue weighted by Gasteiger charge is 2.49. The summed E-state index contributed by atoms with van der Waals surface area (Å²) >= 11 is 0. The van der Waals surface area contributed by atoms with Gasteiger partial charge in [0.25, 0.3) is 0 Å². The first kappa shape index (κ1) is 15.2. The lowest BCUT2D eigenvalue weighted by atomic mass is 9.99. The van der Waals surface area contributed by atoms with Crippen molar-refractivity contribution in [3.8, 4) is 11.5 Å². The van der Waals surface area contributed by atoms with Crippen LogP contribution in [0.2, 0.25) is 0 Å². The number of hydrogen-bond acceptors (Lipinski definition) is 5. The van der Waals surface area contributed by atoms with E-state index in [0.29, 0.717) is 11.3 Å². The molecule has 1 heterocycles. The molecule has 1 aliphatic heterocycles. The van der Waals surface area contributed by atoms with Crippen LogP contribution in [0.5, 0.6) is 11.5 Å². The Labute approximate surface area is 117 Å². The van der Waals surface area contributed by atoms with E-state index < -0.39 is 23.8 Å². The summed E-state index contributed by atoms with van der Waals surface area (Å²) in [6.45, 7) is 1.69. The van der Waals surface area contributed by atoms with Gasteiger partial charge in [0.1, 0.15) is 11.5 Å². The van der Waals surface area contributed by atoms with Crippen LogP contribution in [-0.2, 0) is 9.68 Å². The van der Waals surface area contributed by atoms with Crippen LogP contribution in [0.1, 0.15) is 11.1 Å². The molecule has 0 aliphatic carbocycles. The molecule has 1 aromatic carbocycles. The number of halogens is 3. The minimum absolute atomic E-state index is 0.0748. The fourth-order valence-electron chi connectivity index (χ4n) is 2.02. The number of rotatable bonds is 2. The van der Waals surface area contributed by atoms with Crippen LogP contribution >= 0.6 is 0 Å². The summed E-state index contributed by atoms with van der Waals surface area (Å²) in [5.74, 6) is -1.23. The van der Waals surface area contributed by atoms with Gasteiger partial charge in [-0.3, -0.25) is 4.89 Å². The molecule has 1 unspecified atom stereocenters. The van der Waals surface area contributed by atoms with Crippen molar-refractivity contribution in [2.75, 3.05) is 7.11 Å². The number of alkyl halides is 3. The third kappa shape index (κ3) is 2.80. The Morgan fingerprint density at radius 2 is 2.05 bits per heavy atom. The van der Waals surface area contributed by atoms with Gasteiger partial charge in [0.2, 0.25) is 6.10 Å². The number of benzene rings is 1. The van der Waals surface area contributed by atoms with Gasteiger partial charge in [0.15, 0.2) is 0 Å². The highest BCUT2D eigenvalue weighted by atomic mass is 19.4. The molecule has 0 saturated carbocycles. The highest BCUT2D eigenvalue weighted by Crippen LogP contribution is 2.40. The second kappa shape index (κ2) is 5.28. The average Bonchev–Trinajstić information content (AvgIpc) is 2.43. The van der Waals surface area contributed by atoms with E-state index >= 15 is 0 Å². The summed E-state index contributed by atoms with van der Waals surface area (Å²) in [7, 11) is 1.38. The third-order valence-corrected chi connectivity index (χ3v) is 2.98. The zero-order valence-electron chi connectivity index (χ0n) is 11.0. The van der Waals surface area contributed by atoms with Crippen LogP contribution in [0.25, 0.3) is 6.08 Å². The Balaban J connectivity index is 2.56. The lowest BCUT2D eigenvalue weighted by molar-refractivity contribution is -0.235. The van der Waals surface area contributed by atoms with Gasteiger partial charge in [0, 0.05) is 11.6 Å². The van der Waals surface area contributed by atoms with Crippen molar-refractivity contribution in [1.29, 1.82) is 0 Å². The maximum atomic E-state index is 13.0. The normalized spacial score (nSPS) is 17.4. The second-order valence-electron chi connectivity index (χ2n) is 4.38. The van der Waals surface area contributed by atoms with Gasteiger partial charge in [-0.05, 0) is 24.6 Å². The molecule has 21 heavy (non-hydrogen) atoms. The largest absolute Gasteiger partial charge is 0.496 e. The quantitative estimate of drug-likeness (QED) is 0.672. The van der Waals surface area contributed by atoms with Gasteiger partial charge < -0.3 is 9.47 Å². The molecule has 0 fully saturated rings. The standard InChI is InChI=1S/C13H11F3O5/c1-6-3-7-4-8(12(17)21-18)11(13(14,15)16)20-10(7)5-9(6)19-2/h3-5,11,18H,1-2H3. The zero-order chi connectivity index (χ0) is 15.8. The first-order valence-electron chi connectivity index (χ1n) is 5.77. The average molecular weight is 304 g/mol. The lowest BCUT2D eigenvalue weighted by Gasteiger charge is -2.27. The summed E-state index contributed by atoms with van der Waals surface area (Å²) in [6, 6.07) is 2.81. The van der Waals surface area contributed by atoms with Crippen molar-refractivity contribution in [2.45, 2.75) is 19.2 Å². The molecular formula is C13H11F3O5. The Morgan fingerprint density at radius 1 is 1.38 bits per heavy atom. The monoisotopic (exact) mass is 304 g/mol. The van der Waals surface area contributed by atoms with E-state index in [2.05, 4.69) is 4.89 Å². The number of fused-ring (bicyclic) bond motifs is 1. The molecular weight excluding hydrogens is 293 g/mol. The van der Waals surface area contributed by atoms with Gasteiger partial charge in [-0.1, -0.05) is 0 Å². The van der Waals surface area contributed by atoms with Crippen LogP contribution in [-0.4, -0.2) is 30.6 Å². The summed E-state index contributed by atoms with van der Waals surface area (Å²) < 4.78 is 48.7. The summed E-state index contributed by atoms with van der Waals surface area (Å²) in [5.41, 5.74) is 0.0783. The van der Waals surface area contributed by atoms with Crippen LogP contribution < -0.4 is 9.47 Å². The summed E-state index contributed by atoms with van der Waals surface area (Å²) in [6.07, 6.45) is -6.38. The molecule has 114 valence electrons. The molecule has 1 aliphatic rings. The molecule has 0 spiro atoms. The molecule has 5 nitrogen and oxygen atoms in total. The van der Waals surface area contributed by atoms with E-state index in [1.807, 2.05) is 0 Å². The van der Waals surface area contributed by atoms with Crippen molar-refractivity contribution in [3.05, 3.63) is 28.8 Å². The molecule has 0 radical (unpaired) electrons. The zero-order valence-corrected chi connectivity index (χ0v) is 11.0. The van der Waals surface area contributed by atoms with Gasteiger partial charge >= 0.3 is 12.1 Å². The predicted octanol–water partition coefficient (Wildman–Crippen LogP) is 2.73. The van der Waals surface area contributed by atoms with Crippen LogP contribution in [0.3, 0.4) is 0 Å². The molecule has 0 saturated heterocycles. The fourth-order valence-corrected chi connectivity index (χ4v) is 2.02. The van der Waals surface area contributed by atoms with Crippen molar-refractivity contribution < 1.29 is 37.6 Å². The van der Waals surface area contributed by atoms with Gasteiger partial charge in [-0.2, -0.15) is 18.4 Å². The minimum Gasteiger partial charge on any atom is -0.496 e. The number of carbonyl (C=O) groups excluding carboxylic acids is 1. The SMILES string of the molecule is COc1cc2c(cc1C)C=C(C(=O)OO)C(C(F)(F)F)O2. The molecule has 1 aromatic rings. The van der Waals surface area contributed by atoms with Crippen LogP contribution in [0.4, 0.5) is 13.2 Å². The van der Waals surface area contributed by atoms with Crippen LogP contribution in [0.15, 0.2) is 17.7 Å². The number of carbonyl (C=O) groups is 1. The number of ether oxygens (including phenoxy) is 2. The van der Waals surface area contributed by atoms with E-state index in [1.165, 1.54) is 19.2 Å². The minimum atomic E-state index is -4.84. The van der Waals surface area contributed by atoms with E-state index in [-0.39, 0.29) is 11.3 Å². The Hall–Kier alpha value is -2.22. The molecule has 1 N–H and O–H groups in total. The second-order valence-corrected chi connectivity index (χ2v) is 4.38. The van der Waals surface area contributed by atoms with Crippen LogP contribution in [0, 0.1) is 6.92 Å². The fraction of sp³-hybridized carbons (Fsp3) is 0.308. The number of aryl methyl sites for hydroxylation is 1. The van der Waals surface area contributed by atoms with Crippen molar-refractivity contribution >= 4 is 12.0 Å². The molecule has 0 bridgehead atoms. The Kier molecular flexibility index (Phi) is 3.82. The van der Waals surface area contributed by atoms with Gasteiger partial charge in [-0.25, -0.2) is 4.79 Å². The maximum Gasteiger partial charge on any atom is 0.430 e. The lowest BCUT2D eigenvalue weighted by Crippen LogP contribution is -2.40. The molecule has 0 aromatic heterocycles. The predicted molar refractivity (Wildman–Crippen MR) is 64.9 cm³/mol. The third-order valence-electron chi connectivity index (χ3n) is 2.98. The summed E-state index contributed by atoms with van der Waals surface area (Å²) in [4.78, 5) is 14.7. The first-order chi connectivity index (χ1) is 9.77. The Bertz CT molecular complexity index is 607. The van der Waals surface area contributed by atoms with Crippen molar-refractivity contribution in [2.24, 2.45) is 0 Å². The van der Waals surface area contributed by atoms with E-state index in [1.54, 1.807) is 6.92 Å². The topological polar surface area (TPSA) is 65.0 Å². The number of methoxy groups -OCH3 is 1. The van der Waals surface area contributed by atoms with Crippen molar-refractivity contribution in [3.63, 3.8) is 0 Å². The van der Waals surface area contributed by atoms with E-state index in [4.69, 9.17) is 14.7 Å². The molecule has 1 atom stereocenters. The Morgan fingerprint density at radius 3 is 2.57 bits per heavy atom. The molecule has 2 rings (SSSR count). The first-order valence-corrected chi connectivity index (χ1v) is 5.77. The highest BCUT2D eigenvalue weighted by molar-refractivity contribution is 5.96. The smallest absolute Gasteiger partial charge is 0.430 e. The number of hydrogen-bond donors (Lipinski definition) is 1. The molecule has 0 amide bonds. The van der Waals surface area contributed by atoms with Gasteiger partial charge in [-0.15, -0.1) is 0 Å². The summed E-state index contributed by atoms with van der Waals surface area (Å²) in [5, 5.41) is 8.32. The van der Waals surface area contributed by atoms with E-state index in [0.717, 1.165) is 6.08 Å². The van der Waals surface area contributed by atoms with Crippen molar-refractivity contribution in [1.82, 2.24) is 0 Å². The van der Waals surface area contributed by atoms with E-state index in [9.17, 15) is 18.0 Å².